The SMILES string of the molecule is CC.CC(C)CCc1ccccc1.CCCCC. The summed E-state index contributed by atoms with van der Waals surface area (Å²) in [5, 5.41) is 0. The van der Waals surface area contributed by atoms with Crippen molar-refractivity contribution in [3.8, 4) is 0 Å². The van der Waals surface area contributed by atoms with Crippen molar-refractivity contribution in [2.45, 2.75) is 73.6 Å². The molecule has 0 radical (unpaired) electrons. The van der Waals surface area contributed by atoms with E-state index in [1.54, 1.807) is 0 Å². The Morgan fingerprint density at radius 3 is 1.72 bits per heavy atom. The van der Waals surface area contributed by atoms with Crippen LogP contribution in [0.25, 0.3) is 0 Å². The minimum absolute atomic E-state index is 0.815. The zero-order valence-electron chi connectivity index (χ0n) is 13.5. The summed E-state index contributed by atoms with van der Waals surface area (Å²) in [5.41, 5.74) is 1.46. The minimum Gasteiger partial charge on any atom is -0.0683 e. The molecule has 0 aliphatic carbocycles. The second kappa shape index (κ2) is 16.2. The molecule has 0 aliphatic rings. The monoisotopic (exact) mass is 250 g/mol. The van der Waals surface area contributed by atoms with Gasteiger partial charge in [0.15, 0.2) is 0 Å². The first-order valence-electron chi connectivity index (χ1n) is 7.74. The van der Waals surface area contributed by atoms with Crippen molar-refractivity contribution >= 4 is 0 Å². The average molecular weight is 250 g/mol. The Bertz CT molecular complexity index is 221. The highest BCUT2D eigenvalue weighted by Gasteiger charge is 1.94. The first-order chi connectivity index (χ1) is 8.70. The summed E-state index contributed by atoms with van der Waals surface area (Å²) in [6.07, 6.45) is 6.59. The van der Waals surface area contributed by atoms with Crippen molar-refractivity contribution in [2.75, 3.05) is 0 Å². The first-order valence-corrected chi connectivity index (χ1v) is 7.74. The lowest BCUT2D eigenvalue weighted by atomic mass is 10.0. The van der Waals surface area contributed by atoms with Crippen molar-refractivity contribution in [1.29, 1.82) is 0 Å². The van der Waals surface area contributed by atoms with E-state index in [4.69, 9.17) is 0 Å². The lowest BCUT2D eigenvalue weighted by Crippen LogP contribution is -1.91. The van der Waals surface area contributed by atoms with Gasteiger partial charge in [-0.1, -0.05) is 91.1 Å². The van der Waals surface area contributed by atoms with Gasteiger partial charge in [0, 0.05) is 0 Å². The Labute approximate surface area is 116 Å². The van der Waals surface area contributed by atoms with Gasteiger partial charge < -0.3 is 0 Å². The summed E-state index contributed by atoms with van der Waals surface area (Å²) < 4.78 is 0. The Morgan fingerprint density at radius 1 is 0.889 bits per heavy atom. The smallest absolute Gasteiger partial charge is 0.0276 e. The molecule has 0 N–H and O–H groups in total. The molecule has 0 saturated heterocycles. The van der Waals surface area contributed by atoms with Crippen molar-refractivity contribution in [1.82, 2.24) is 0 Å². The number of rotatable bonds is 5. The molecule has 0 amide bonds. The van der Waals surface area contributed by atoms with Crippen LogP contribution in [-0.4, -0.2) is 0 Å². The number of hydrogen-bond acceptors (Lipinski definition) is 0. The lowest BCUT2D eigenvalue weighted by molar-refractivity contribution is 0.587. The van der Waals surface area contributed by atoms with Crippen molar-refractivity contribution in [2.24, 2.45) is 5.92 Å². The van der Waals surface area contributed by atoms with E-state index in [0.717, 1.165) is 5.92 Å². The quantitative estimate of drug-likeness (QED) is 0.559. The number of aryl methyl sites for hydroxylation is 1. The van der Waals surface area contributed by atoms with Gasteiger partial charge in [0.25, 0.3) is 0 Å². The van der Waals surface area contributed by atoms with E-state index in [0.29, 0.717) is 0 Å². The molecule has 1 aromatic rings. The maximum absolute atomic E-state index is 2.27. The van der Waals surface area contributed by atoms with Crippen LogP contribution >= 0.6 is 0 Å². The maximum Gasteiger partial charge on any atom is -0.0276 e. The molecule has 106 valence electrons. The third kappa shape index (κ3) is 15.2. The Hall–Kier alpha value is -0.780. The van der Waals surface area contributed by atoms with Crippen LogP contribution in [0.15, 0.2) is 30.3 Å². The molecule has 0 saturated carbocycles. The molecule has 0 heterocycles. The molecule has 0 nitrogen and oxygen atoms in total. The largest absolute Gasteiger partial charge is 0.0683 e. The van der Waals surface area contributed by atoms with Crippen LogP contribution in [0, 0.1) is 5.92 Å². The summed E-state index contributed by atoms with van der Waals surface area (Å²) in [7, 11) is 0. The highest BCUT2D eigenvalue weighted by Crippen LogP contribution is 2.07. The van der Waals surface area contributed by atoms with Crippen molar-refractivity contribution in [3.05, 3.63) is 35.9 Å². The first kappa shape index (κ1) is 19.6. The third-order valence-electron chi connectivity index (χ3n) is 2.56. The molecule has 0 aliphatic heterocycles. The van der Waals surface area contributed by atoms with E-state index in [1.165, 1.54) is 37.7 Å². The highest BCUT2D eigenvalue weighted by molar-refractivity contribution is 5.14. The Morgan fingerprint density at radius 2 is 1.39 bits per heavy atom. The molecule has 0 unspecified atom stereocenters. The Balaban J connectivity index is 0. The van der Waals surface area contributed by atoms with E-state index < -0.39 is 0 Å². The zero-order chi connectivity index (χ0) is 14.2. The predicted molar refractivity (Wildman–Crippen MR) is 86.1 cm³/mol. The van der Waals surface area contributed by atoms with Gasteiger partial charge in [-0.25, -0.2) is 0 Å². The summed E-state index contributed by atoms with van der Waals surface area (Å²) in [6.45, 7) is 13.0. The fourth-order valence-corrected chi connectivity index (χ4v) is 1.45. The van der Waals surface area contributed by atoms with Gasteiger partial charge in [-0.15, -0.1) is 0 Å². The van der Waals surface area contributed by atoms with Crippen LogP contribution in [0.4, 0.5) is 0 Å². The van der Waals surface area contributed by atoms with Crippen molar-refractivity contribution < 1.29 is 0 Å². The standard InChI is InChI=1S/C11H16.C5H12.C2H6/c1-10(2)8-9-11-6-4-3-5-7-11;1-3-5-4-2;1-2/h3-7,10H,8-9H2,1-2H3;3-5H2,1-2H3;1-2H3. The van der Waals surface area contributed by atoms with E-state index in [-0.39, 0.29) is 0 Å². The predicted octanol–water partition coefficient (Wildman–Crippen LogP) is 6.50. The van der Waals surface area contributed by atoms with Gasteiger partial charge in [0.05, 0.1) is 0 Å². The van der Waals surface area contributed by atoms with Gasteiger partial charge in [0.1, 0.15) is 0 Å². The molecule has 1 aromatic carbocycles. The molecule has 0 bridgehead atoms. The van der Waals surface area contributed by atoms with Crippen LogP contribution < -0.4 is 0 Å². The number of benzene rings is 1. The number of unbranched alkanes of at least 4 members (excludes halogenated alkanes) is 2. The average Bonchev–Trinajstić information content (AvgIpc) is 2.41. The second-order valence-corrected chi connectivity index (χ2v) is 4.77. The normalized spacial score (nSPS) is 9.06. The topological polar surface area (TPSA) is 0 Å². The summed E-state index contributed by atoms with van der Waals surface area (Å²) in [4.78, 5) is 0. The van der Waals surface area contributed by atoms with Gasteiger partial charge >= 0.3 is 0 Å². The number of hydrogen-bond donors (Lipinski definition) is 0. The molecule has 1 rings (SSSR count). The third-order valence-corrected chi connectivity index (χ3v) is 2.56. The molecule has 0 spiro atoms. The fraction of sp³-hybridized carbons (Fsp3) is 0.667. The molecule has 18 heavy (non-hydrogen) atoms. The Kier molecular flexibility index (Phi) is 17.6. The van der Waals surface area contributed by atoms with E-state index in [9.17, 15) is 0 Å². The molecule has 0 heteroatoms. The van der Waals surface area contributed by atoms with E-state index in [2.05, 4.69) is 58.0 Å². The highest BCUT2D eigenvalue weighted by atomic mass is 14.0. The minimum atomic E-state index is 0.815. The molecule has 0 aromatic heterocycles. The molecule has 0 fully saturated rings. The van der Waals surface area contributed by atoms with Crippen LogP contribution in [0.5, 0.6) is 0 Å². The lowest BCUT2D eigenvalue weighted by Gasteiger charge is -2.03. The van der Waals surface area contributed by atoms with Gasteiger partial charge in [0.2, 0.25) is 0 Å². The maximum atomic E-state index is 2.27. The fourth-order valence-electron chi connectivity index (χ4n) is 1.45. The van der Waals surface area contributed by atoms with Gasteiger partial charge in [-0.05, 0) is 24.3 Å². The zero-order valence-corrected chi connectivity index (χ0v) is 13.5. The summed E-state index contributed by atoms with van der Waals surface area (Å²) in [6, 6.07) is 10.7. The summed E-state index contributed by atoms with van der Waals surface area (Å²) in [5.74, 6) is 0.815. The second-order valence-electron chi connectivity index (χ2n) is 4.77. The van der Waals surface area contributed by atoms with Crippen LogP contribution in [0.2, 0.25) is 0 Å². The van der Waals surface area contributed by atoms with Crippen LogP contribution in [-0.2, 0) is 6.42 Å². The summed E-state index contributed by atoms with van der Waals surface area (Å²) >= 11 is 0. The van der Waals surface area contributed by atoms with Gasteiger partial charge in [-0.3, -0.25) is 0 Å². The van der Waals surface area contributed by atoms with Crippen molar-refractivity contribution in [3.63, 3.8) is 0 Å². The molecular weight excluding hydrogens is 216 g/mol. The molecule has 0 atom stereocenters. The van der Waals surface area contributed by atoms with Gasteiger partial charge in [-0.2, -0.15) is 0 Å². The van der Waals surface area contributed by atoms with Crippen LogP contribution in [0.3, 0.4) is 0 Å². The van der Waals surface area contributed by atoms with E-state index >= 15 is 0 Å². The molecular formula is C18H34. The van der Waals surface area contributed by atoms with Crippen LogP contribution in [0.1, 0.15) is 72.8 Å². The van der Waals surface area contributed by atoms with E-state index in [1.807, 2.05) is 13.8 Å².